The molecule has 1 fully saturated rings. The molecule has 0 saturated carbocycles. The molecule has 1 N–H and O–H groups in total. The summed E-state index contributed by atoms with van der Waals surface area (Å²) in [5.41, 5.74) is 0.285. The number of nitrogens with zero attached hydrogens (tertiary/aromatic N) is 2. The van der Waals surface area contributed by atoms with Crippen LogP contribution in [0.4, 0.5) is 5.69 Å². The van der Waals surface area contributed by atoms with Crippen molar-refractivity contribution in [3.8, 4) is 5.75 Å². The summed E-state index contributed by atoms with van der Waals surface area (Å²) in [4.78, 5) is 26.0. The van der Waals surface area contributed by atoms with Crippen LogP contribution in [0.25, 0.3) is 0 Å². The van der Waals surface area contributed by atoms with Gasteiger partial charge in [-0.2, -0.15) is 4.31 Å². The molecule has 0 radical (unpaired) electrons. The first-order valence-electron chi connectivity index (χ1n) is 10.1. The second kappa shape index (κ2) is 9.32. The molecule has 0 unspecified atom stereocenters. The molecule has 0 aromatic heterocycles. The Labute approximate surface area is 177 Å². The molecule has 1 aromatic carbocycles. The minimum absolute atomic E-state index is 0.0886. The fourth-order valence-electron chi connectivity index (χ4n) is 3.96. The topological polar surface area (TPSA) is 105 Å². The van der Waals surface area contributed by atoms with E-state index >= 15 is 0 Å². The van der Waals surface area contributed by atoms with E-state index in [1.54, 1.807) is 6.07 Å². The predicted octanol–water partition coefficient (Wildman–Crippen LogP) is 0.841. The van der Waals surface area contributed by atoms with E-state index in [1.165, 1.54) is 28.4 Å². The number of carbonyl (C=O) groups is 2. The summed E-state index contributed by atoms with van der Waals surface area (Å²) in [6, 6.07) is 4.46. The lowest BCUT2D eigenvalue weighted by atomic mass is 9.94. The Kier molecular flexibility index (Phi) is 6.99. The average Bonchev–Trinajstić information content (AvgIpc) is 2.69. The Morgan fingerprint density at radius 3 is 2.63 bits per heavy atom. The number of amides is 2. The second-order valence-corrected chi connectivity index (χ2v) is 9.95. The number of methoxy groups -OCH3 is 1. The third-order valence-electron chi connectivity index (χ3n) is 5.28. The lowest BCUT2D eigenvalue weighted by molar-refractivity contribution is -0.125. The number of nitrogens with one attached hydrogen (secondary N) is 1. The van der Waals surface area contributed by atoms with Gasteiger partial charge in [0.15, 0.2) is 6.61 Å². The van der Waals surface area contributed by atoms with Gasteiger partial charge in [0, 0.05) is 26.7 Å². The van der Waals surface area contributed by atoms with Crippen molar-refractivity contribution in [3.63, 3.8) is 0 Å². The molecular formula is C20H29N3O6S. The molecule has 166 valence electrons. The zero-order valence-corrected chi connectivity index (χ0v) is 18.4. The fraction of sp³-hybridized carbons (Fsp3) is 0.600. The van der Waals surface area contributed by atoms with Crippen LogP contribution in [0.5, 0.6) is 5.75 Å². The summed E-state index contributed by atoms with van der Waals surface area (Å²) in [5, 5.41) is 2.66. The molecular weight excluding hydrogens is 410 g/mol. The number of benzene rings is 1. The maximum absolute atomic E-state index is 13.2. The molecule has 3 rings (SSSR count). The zero-order chi connectivity index (χ0) is 21.9. The van der Waals surface area contributed by atoms with Crippen LogP contribution in [0.15, 0.2) is 23.1 Å². The van der Waals surface area contributed by atoms with Gasteiger partial charge < -0.3 is 14.8 Å². The second-order valence-electron chi connectivity index (χ2n) is 8.01. The molecule has 2 heterocycles. The van der Waals surface area contributed by atoms with Crippen molar-refractivity contribution in [1.82, 2.24) is 9.62 Å². The van der Waals surface area contributed by atoms with Crippen molar-refractivity contribution in [1.29, 1.82) is 0 Å². The summed E-state index contributed by atoms with van der Waals surface area (Å²) < 4.78 is 38.3. The lowest BCUT2D eigenvalue weighted by Crippen LogP contribution is -2.46. The summed E-state index contributed by atoms with van der Waals surface area (Å²) in [6.45, 7) is 5.26. The molecule has 2 atom stereocenters. The molecule has 2 amide bonds. The number of piperidine rings is 1. The van der Waals surface area contributed by atoms with Crippen LogP contribution in [0, 0.1) is 11.8 Å². The highest BCUT2D eigenvalue weighted by atomic mass is 32.2. The number of anilines is 1. The zero-order valence-electron chi connectivity index (χ0n) is 17.6. The van der Waals surface area contributed by atoms with Crippen molar-refractivity contribution in [2.24, 2.45) is 11.8 Å². The molecule has 2 aliphatic rings. The van der Waals surface area contributed by atoms with Gasteiger partial charge in [0.1, 0.15) is 12.3 Å². The summed E-state index contributed by atoms with van der Waals surface area (Å²) in [6.07, 6.45) is 0.991. The highest BCUT2D eigenvalue weighted by Gasteiger charge is 2.34. The van der Waals surface area contributed by atoms with E-state index in [9.17, 15) is 18.0 Å². The third kappa shape index (κ3) is 4.93. The van der Waals surface area contributed by atoms with E-state index in [2.05, 4.69) is 5.32 Å². The summed E-state index contributed by atoms with van der Waals surface area (Å²) in [7, 11) is -2.20. The number of hydrogen-bond donors (Lipinski definition) is 1. The molecule has 2 aliphatic heterocycles. The summed E-state index contributed by atoms with van der Waals surface area (Å²) >= 11 is 0. The monoisotopic (exact) mass is 439 g/mol. The van der Waals surface area contributed by atoms with Gasteiger partial charge in [-0.1, -0.05) is 13.8 Å². The Morgan fingerprint density at radius 2 is 1.97 bits per heavy atom. The van der Waals surface area contributed by atoms with E-state index in [1.807, 2.05) is 13.8 Å². The van der Waals surface area contributed by atoms with Crippen LogP contribution in [0.1, 0.15) is 20.3 Å². The first-order chi connectivity index (χ1) is 14.2. The van der Waals surface area contributed by atoms with E-state index < -0.39 is 15.9 Å². The maximum atomic E-state index is 13.2. The largest absolute Gasteiger partial charge is 0.482 e. The van der Waals surface area contributed by atoms with Gasteiger partial charge in [-0.3, -0.25) is 14.5 Å². The van der Waals surface area contributed by atoms with Crippen LogP contribution in [0.3, 0.4) is 0 Å². The molecule has 1 saturated heterocycles. The number of carbonyl (C=O) groups excluding carboxylic acids is 2. The first-order valence-corrected chi connectivity index (χ1v) is 11.5. The Morgan fingerprint density at radius 1 is 1.27 bits per heavy atom. The predicted molar refractivity (Wildman–Crippen MR) is 111 cm³/mol. The fourth-order valence-corrected chi connectivity index (χ4v) is 5.66. The smallest absolute Gasteiger partial charge is 0.265 e. The number of hydrogen-bond acceptors (Lipinski definition) is 6. The quantitative estimate of drug-likeness (QED) is 0.632. The van der Waals surface area contributed by atoms with Crippen LogP contribution >= 0.6 is 0 Å². The number of fused-ring (bicyclic) bond motifs is 1. The molecule has 30 heavy (non-hydrogen) atoms. The average molecular weight is 440 g/mol. The normalized spacial score (nSPS) is 22.4. The van der Waals surface area contributed by atoms with Gasteiger partial charge >= 0.3 is 0 Å². The Bertz CT molecular complexity index is 894. The van der Waals surface area contributed by atoms with Crippen LogP contribution < -0.4 is 15.0 Å². The van der Waals surface area contributed by atoms with Crippen LogP contribution in [-0.4, -0.2) is 71.0 Å². The van der Waals surface area contributed by atoms with Crippen molar-refractivity contribution in [2.75, 3.05) is 51.4 Å². The number of sulfonamides is 1. The Balaban J connectivity index is 1.86. The van der Waals surface area contributed by atoms with Gasteiger partial charge in [-0.05, 0) is 36.5 Å². The van der Waals surface area contributed by atoms with Crippen LogP contribution in [0.2, 0.25) is 0 Å². The molecule has 0 aliphatic carbocycles. The highest BCUT2D eigenvalue weighted by molar-refractivity contribution is 7.89. The molecule has 0 spiro atoms. The maximum Gasteiger partial charge on any atom is 0.265 e. The first kappa shape index (κ1) is 22.5. The number of rotatable bonds is 7. The highest BCUT2D eigenvalue weighted by Crippen LogP contribution is 2.36. The number of ether oxygens (including phenoxy) is 2. The van der Waals surface area contributed by atoms with E-state index in [-0.39, 0.29) is 41.5 Å². The molecule has 9 nitrogen and oxygen atoms in total. The van der Waals surface area contributed by atoms with Gasteiger partial charge in [0.05, 0.1) is 17.2 Å². The molecule has 1 aromatic rings. The third-order valence-corrected chi connectivity index (χ3v) is 7.10. The van der Waals surface area contributed by atoms with Crippen molar-refractivity contribution < 1.29 is 27.5 Å². The minimum Gasteiger partial charge on any atom is -0.482 e. The van der Waals surface area contributed by atoms with E-state index in [0.29, 0.717) is 32.0 Å². The standard InChI is InChI=1S/C20H29N3O6S/c1-14-8-15(2)11-22(10-14)30(26,27)16-4-5-18-17(9-16)23(20(25)13-29-18)12-19(24)21-6-7-28-3/h4-5,9,14-15H,6-8,10-13H2,1-3H3,(H,21,24)/t14-,15-/m1/s1. The molecule has 0 bridgehead atoms. The van der Waals surface area contributed by atoms with Gasteiger partial charge in [0.2, 0.25) is 15.9 Å². The van der Waals surface area contributed by atoms with Gasteiger partial charge in [0.25, 0.3) is 5.91 Å². The van der Waals surface area contributed by atoms with E-state index in [0.717, 1.165) is 6.42 Å². The van der Waals surface area contributed by atoms with Crippen molar-refractivity contribution in [2.45, 2.75) is 25.2 Å². The SMILES string of the molecule is COCCNC(=O)CN1C(=O)COc2ccc(S(=O)(=O)N3C[C@H](C)C[C@@H](C)C3)cc21. The summed E-state index contributed by atoms with van der Waals surface area (Å²) in [5.74, 6) is 0.162. The molecule has 10 heteroatoms. The van der Waals surface area contributed by atoms with Gasteiger partial charge in [-0.25, -0.2) is 8.42 Å². The minimum atomic E-state index is -3.73. The van der Waals surface area contributed by atoms with Crippen LogP contribution in [-0.2, 0) is 24.3 Å². The van der Waals surface area contributed by atoms with Gasteiger partial charge in [-0.15, -0.1) is 0 Å². The van der Waals surface area contributed by atoms with E-state index in [4.69, 9.17) is 9.47 Å². The Hall–Kier alpha value is -2.17. The van der Waals surface area contributed by atoms with Crippen molar-refractivity contribution >= 4 is 27.5 Å². The van der Waals surface area contributed by atoms with Crippen molar-refractivity contribution in [3.05, 3.63) is 18.2 Å². The lowest BCUT2D eigenvalue weighted by Gasteiger charge is -2.34.